The molecule has 7 nitrogen and oxygen atoms in total. The third-order valence-electron chi connectivity index (χ3n) is 4.00. The second-order valence-electron chi connectivity index (χ2n) is 6.06. The van der Waals surface area contributed by atoms with Gasteiger partial charge in [-0.3, -0.25) is 0 Å². The van der Waals surface area contributed by atoms with E-state index in [9.17, 15) is 4.79 Å². The number of unbranched alkanes of at least 4 members (excludes halogenated alkanes) is 1. The molecule has 0 aliphatic rings. The molecule has 0 atom stereocenters. The lowest BCUT2D eigenvalue weighted by atomic mass is 10.1. The number of nitrogens with zero attached hydrogens (tertiary/aromatic N) is 3. The van der Waals surface area contributed by atoms with E-state index < -0.39 is 5.97 Å². The molecule has 3 rings (SSSR count). The lowest BCUT2D eigenvalue weighted by Gasteiger charge is -2.10. The number of nitrogen functional groups attached to an aromatic ring is 1. The number of anilines is 2. The number of hydrogen-bond acceptors (Lipinski definition) is 6. The van der Waals surface area contributed by atoms with Crippen LogP contribution in [0.1, 0.15) is 41.4 Å². The van der Waals surface area contributed by atoms with E-state index >= 15 is 0 Å². The van der Waals surface area contributed by atoms with E-state index in [1.54, 1.807) is 18.2 Å². The summed E-state index contributed by atoms with van der Waals surface area (Å²) in [5.41, 5.74) is 9.10. The van der Waals surface area contributed by atoms with Crippen LogP contribution in [-0.2, 0) is 6.42 Å². The van der Waals surface area contributed by atoms with Crippen molar-refractivity contribution in [2.45, 2.75) is 26.2 Å². The standard InChI is InChI=1S/C19H21N5O2/c1-2-3-9-21-17-16-15(23-19(20)24-17)8-7-14(22-16)11-12-5-4-6-13(10-12)18(25)26/h4-8,10H,2-3,9,11H2,1H3,(H,25,26)(H3,20,21,23,24). The van der Waals surface area contributed by atoms with Gasteiger partial charge >= 0.3 is 5.97 Å². The second kappa shape index (κ2) is 7.77. The summed E-state index contributed by atoms with van der Waals surface area (Å²) < 4.78 is 0. The van der Waals surface area contributed by atoms with Crippen molar-refractivity contribution < 1.29 is 9.90 Å². The molecule has 0 unspecified atom stereocenters. The summed E-state index contributed by atoms with van der Waals surface area (Å²) in [7, 11) is 0. The van der Waals surface area contributed by atoms with Crippen LogP contribution in [0.5, 0.6) is 0 Å². The number of hydrogen-bond donors (Lipinski definition) is 3. The van der Waals surface area contributed by atoms with Gasteiger partial charge in [-0.05, 0) is 36.2 Å². The van der Waals surface area contributed by atoms with Gasteiger partial charge in [0.25, 0.3) is 0 Å². The molecule has 0 amide bonds. The highest BCUT2D eigenvalue weighted by molar-refractivity contribution is 5.88. The van der Waals surface area contributed by atoms with Crippen molar-refractivity contribution in [3.8, 4) is 0 Å². The Morgan fingerprint density at radius 2 is 2.04 bits per heavy atom. The molecule has 4 N–H and O–H groups in total. The third-order valence-corrected chi connectivity index (χ3v) is 4.00. The molecule has 134 valence electrons. The molecule has 1 aromatic carbocycles. The smallest absolute Gasteiger partial charge is 0.335 e. The number of carboxylic acid groups (broad SMARTS) is 1. The zero-order valence-corrected chi connectivity index (χ0v) is 14.6. The Morgan fingerprint density at radius 1 is 1.19 bits per heavy atom. The van der Waals surface area contributed by atoms with Crippen LogP contribution in [0.4, 0.5) is 11.8 Å². The lowest BCUT2D eigenvalue weighted by molar-refractivity contribution is 0.0696. The van der Waals surface area contributed by atoms with Crippen molar-refractivity contribution in [3.05, 3.63) is 53.2 Å². The fourth-order valence-corrected chi connectivity index (χ4v) is 2.70. The van der Waals surface area contributed by atoms with E-state index in [-0.39, 0.29) is 11.5 Å². The molecule has 0 fully saturated rings. The van der Waals surface area contributed by atoms with E-state index in [0.29, 0.717) is 23.3 Å². The summed E-state index contributed by atoms with van der Waals surface area (Å²) in [4.78, 5) is 24.3. The summed E-state index contributed by atoms with van der Waals surface area (Å²) in [5.74, 6) is -0.105. The number of nitrogens with two attached hydrogens (primary N) is 1. The molecule has 26 heavy (non-hydrogen) atoms. The van der Waals surface area contributed by atoms with Crippen LogP contribution >= 0.6 is 0 Å². The minimum Gasteiger partial charge on any atom is -0.478 e. The van der Waals surface area contributed by atoms with Crippen LogP contribution in [0, 0.1) is 0 Å². The zero-order valence-electron chi connectivity index (χ0n) is 14.6. The quantitative estimate of drug-likeness (QED) is 0.560. The Kier molecular flexibility index (Phi) is 5.26. The Labute approximate surface area is 151 Å². The van der Waals surface area contributed by atoms with Gasteiger partial charge in [0.2, 0.25) is 5.95 Å². The van der Waals surface area contributed by atoms with E-state index in [0.717, 1.165) is 30.6 Å². The van der Waals surface area contributed by atoms with Gasteiger partial charge in [-0.15, -0.1) is 0 Å². The maximum atomic E-state index is 11.1. The van der Waals surface area contributed by atoms with Gasteiger partial charge in [0.05, 0.1) is 11.1 Å². The number of fused-ring (bicyclic) bond motifs is 1. The molecular weight excluding hydrogens is 330 g/mol. The van der Waals surface area contributed by atoms with Gasteiger partial charge < -0.3 is 16.2 Å². The lowest BCUT2D eigenvalue weighted by Crippen LogP contribution is -2.08. The Bertz CT molecular complexity index is 942. The number of rotatable bonds is 7. The van der Waals surface area contributed by atoms with Crippen LogP contribution in [0.25, 0.3) is 11.0 Å². The van der Waals surface area contributed by atoms with Gasteiger partial charge in [0, 0.05) is 18.7 Å². The monoisotopic (exact) mass is 351 g/mol. The van der Waals surface area contributed by atoms with Crippen molar-refractivity contribution in [1.82, 2.24) is 15.0 Å². The largest absolute Gasteiger partial charge is 0.478 e. The van der Waals surface area contributed by atoms with E-state index in [2.05, 4.69) is 27.2 Å². The third kappa shape index (κ3) is 4.05. The van der Waals surface area contributed by atoms with E-state index in [1.165, 1.54) is 0 Å². The average Bonchev–Trinajstić information content (AvgIpc) is 2.62. The van der Waals surface area contributed by atoms with Crippen LogP contribution in [-0.4, -0.2) is 32.6 Å². The van der Waals surface area contributed by atoms with Gasteiger partial charge in [-0.25, -0.2) is 14.8 Å². The van der Waals surface area contributed by atoms with E-state index in [1.807, 2.05) is 18.2 Å². The van der Waals surface area contributed by atoms with Gasteiger partial charge in [-0.2, -0.15) is 4.98 Å². The predicted molar refractivity (Wildman–Crippen MR) is 101 cm³/mol. The average molecular weight is 351 g/mol. The summed E-state index contributed by atoms with van der Waals surface area (Å²) in [6.45, 7) is 2.91. The van der Waals surface area contributed by atoms with Crippen LogP contribution in [0.2, 0.25) is 0 Å². The highest BCUT2D eigenvalue weighted by Crippen LogP contribution is 2.21. The molecule has 2 aromatic heterocycles. The number of nitrogens with one attached hydrogen (secondary N) is 1. The molecule has 3 aromatic rings. The van der Waals surface area contributed by atoms with Gasteiger partial charge in [0.1, 0.15) is 5.52 Å². The van der Waals surface area contributed by atoms with Crippen LogP contribution in [0.3, 0.4) is 0 Å². The fraction of sp³-hybridized carbons (Fsp3) is 0.263. The molecule has 0 bridgehead atoms. The molecule has 0 radical (unpaired) electrons. The number of pyridine rings is 1. The molecule has 0 spiro atoms. The molecule has 0 aliphatic heterocycles. The maximum absolute atomic E-state index is 11.1. The number of carboxylic acids is 1. The minimum atomic E-state index is -0.940. The number of benzene rings is 1. The first kappa shape index (κ1) is 17.6. The normalized spacial score (nSPS) is 10.8. The van der Waals surface area contributed by atoms with Gasteiger partial charge in [0.15, 0.2) is 5.82 Å². The molecule has 0 saturated carbocycles. The highest BCUT2D eigenvalue weighted by Gasteiger charge is 2.10. The molecule has 0 aliphatic carbocycles. The number of carbonyl (C=O) groups is 1. The summed E-state index contributed by atoms with van der Waals surface area (Å²) in [6, 6.07) is 10.6. The Hall–Kier alpha value is -3.22. The van der Waals surface area contributed by atoms with Crippen LogP contribution < -0.4 is 11.1 Å². The number of aromatic carboxylic acids is 1. The molecule has 7 heteroatoms. The Balaban J connectivity index is 1.92. The molecular formula is C19H21N5O2. The fourth-order valence-electron chi connectivity index (χ4n) is 2.70. The van der Waals surface area contributed by atoms with Crippen LogP contribution in [0.15, 0.2) is 36.4 Å². The zero-order chi connectivity index (χ0) is 18.5. The summed E-state index contributed by atoms with van der Waals surface area (Å²) in [5, 5.41) is 12.4. The number of aromatic nitrogens is 3. The second-order valence-corrected chi connectivity index (χ2v) is 6.06. The van der Waals surface area contributed by atoms with Crippen molar-refractivity contribution >= 4 is 28.8 Å². The summed E-state index contributed by atoms with van der Waals surface area (Å²) in [6.07, 6.45) is 2.62. The molecule has 2 heterocycles. The van der Waals surface area contributed by atoms with Crippen molar-refractivity contribution in [3.63, 3.8) is 0 Å². The predicted octanol–water partition coefficient (Wildman–Crippen LogP) is 3.11. The topological polar surface area (TPSA) is 114 Å². The van der Waals surface area contributed by atoms with Gasteiger partial charge in [-0.1, -0.05) is 25.5 Å². The first-order valence-corrected chi connectivity index (χ1v) is 8.56. The SMILES string of the molecule is CCCCNc1nc(N)nc2ccc(Cc3cccc(C(=O)O)c3)nc12. The first-order chi connectivity index (χ1) is 12.6. The van der Waals surface area contributed by atoms with E-state index in [4.69, 9.17) is 10.8 Å². The Morgan fingerprint density at radius 3 is 2.81 bits per heavy atom. The van der Waals surface area contributed by atoms with Crippen molar-refractivity contribution in [2.75, 3.05) is 17.6 Å². The minimum absolute atomic E-state index is 0.209. The summed E-state index contributed by atoms with van der Waals surface area (Å²) >= 11 is 0. The van der Waals surface area contributed by atoms with Crippen molar-refractivity contribution in [1.29, 1.82) is 0 Å². The molecule has 0 saturated heterocycles. The first-order valence-electron chi connectivity index (χ1n) is 8.56. The van der Waals surface area contributed by atoms with Crippen molar-refractivity contribution in [2.24, 2.45) is 0 Å². The maximum Gasteiger partial charge on any atom is 0.335 e. The highest BCUT2D eigenvalue weighted by atomic mass is 16.4.